The molecule has 0 N–H and O–H groups in total. The minimum absolute atomic E-state index is 0.0521. The van der Waals surface area contributed by atoms with Crippen LogP contribution in [0.1, 0.15) is 0 Å². The van der Waals surface area contributed by atoms with Crippen LogP contribution < -0.4 is 4.89 Å². The van der Waals surface area contributed by atoms with Crippen LogP contribution in [0.4, 0.5) is 0 Å². The minimum Gasteiger partial charge on any atom is -0.443 e. The molecule has 4 unspecified atom stereocenters. The number of esters is 1. The van der Waals surface area contributed by atoms with Crippen molar-refractivity contribution in [2.75, 3.05) is 6.73 Å². The van der Waals surface area contributed by atoms with Gasteiger partial charge in [0.05, 0.1) is 12.0 Å². The fraction of sp³-hybridized carbons (Fsp3) is 0.333. The molecule has 3 rings (SSSR count). The molecule has 1 amide bonds. The zero-order chi connectivity index (χ0) is 14.8. The molecule has 1 aromatic carbocycles. The lowest BCUT2D eigenvalue weighted by atomic mass is 10.2. The molecule has 4 atom stereocenters. The number of amides is 1. The molecular weight excluding hydrogens is 317 g/mol. The van der Waals surface area contributed by atoms with Crippen molar-refractivity contribution in [1.29, 1.82) is 0 Å². The smallest absolute Gasteiger partial charge is 0.333 e. The van der Waals surface area contributed by atoms with Gasteiger partial charge in [0, 0.05) is 9.47 Å². The number of ether oxygens (including phenoxy) is 1. The summed E-state index contributed by atoms with van der Waals surface area (Å²) < 4.78 is 15.1. The molecule has 1 aromatic rings. The highest BCUT2D eigenvalue weighted by molar-refractivity contribution is 7.96. The SMILES string of the molecule is O=C1OCN2C(=O)C(SOOc3ccccc3)C(OP)C12. The third-order valence-corrected chi connectivity index (χ3v) is 4.37. The molecule has 2 aliphatic heterocycles. The van der Waals surface area contributed by atoms with E-state index in [1.54, 1.807) is 24.3 Å². The van der Waals surface area contributed by atoms with E-state index in [0.717, 1.165) is 12.0 Å². The first-order valence-corrected chi connectivity index (χ1v) is 7.37. The molecule has 2 fully saturated rings. The van der Waals surface area contributed by atoms with Gasteiger partial charge in [-0.25, -0.2) is 4.79 Å². The first-order chi connectivity index (χ1) is 10.2. The highest BCUT2D eigenvalue weighted by Gasteiger charge is 2.57. The van der Waals surface area contributed by atoms with E-state index in [9.17, 15) is 9.59 Å². The van der Waals surface area contributed by atoms with Gasteiger partial charge in [0.2, 0.25) is 5.91 Å². The van der Waals surface area contributed by atoms with Crippen molar-refractivity contribution in [3.63, 3.8) is 0 Å². The van der Waals surface area contributed by atoms with E-state index in [1.807, 2.05) is 6.07 Å². The Bertz CT molecular complexity index is 544. The van der Waals surface area contributed by atoms with Crippen LogP contribution in [0.5, 0.6) is 5.75 Å². The van der Waals surface area contributed by atoms with Crippen LogP contribution in [-0.4, -0.2) is 40.9 Å². The van der Waals surface area contributed by atoms with Crippen molar-refractivity contribution in [3.8, 4) is 5.75 Å². The van der Waals surface area contributed by atoms with E-state index in [2.05, 4.69) is 9.47 Å². The predicted molar refractivity (Wildman–Crippen MR) is 75.7 cm³/mol. The van der Waals surface area contributed by atoms with E-state index in [0.29, 0.717) is 5.75 Å². The third kappa shape index (κ3) is 2.72. The second kappa shape index (κ2) is 6.19. The third-order valence-electron chi connectivity index (χ3n) is 3.23. The molecule has 0 aromatic heterocycles. The Kier molecular flexibility index (Phi) is 4.30. The Balaban J connectivity index is 1.62. The van der Waals surface area contributed by atoms with Crippen molar-refractivity contribution >= 4 is 33.4 Å². The van der Waals surface area contributed by atoms with E-state index >= 15 is 0 Å². The molecule has 2 aliphatic rings. The van der Waals surface area contributed by atoms with Gasteiger partial charge in [-0.1, -0.05) is 18.2 Å². The molecule has 112 valence electrons. The van der Waals surface area contributed by atoms with Crippen LogP contribution in [0.2, 0.25) is 0 Å². The first-order valence-electron chi connectivity index (χ1n) is 6.10. The Hall–Kier alpha value is -1.34. The van der Waals surface area contributed by atoms with Gasteiger partial charge in [-0.05, 0) is 12.1 Å². The van der Waals surface area contributed by atoms with Crippen LogP contribution >= 0.6 is 21.5 Å². The normalized spacial score (nSPS) is 27.7. The van der Waals surface area contributed by atoms with Gasteiger partial charge >= 0.3 is 5.97 Å². The second-order valence-electron chi connectivity index (χ2n) is 4.43. The molecule has 0 bridgehead atoms. The maximum absolute atomic E-state index is 12.2. The number of cyclic esters (lactones) is 1. The number of rotatable bonds is 5. The van der Waals surface area contributed by atoms with Crippen LogP contribution in [-0.2, 0) is 23.2 Å². The number of hydrogen-bond donors (Lipinski definition) is 0. The van der Waals surface area contributed by atoms with E-state index in [1.165, 1.54) is 4.90 Å². The molecule has 21 heavy (non-hydrogen) atoms. The molecule has 0 aliphatic carbocycles. The van der Waals surface area contributed by atoms with Gasteiger partial charge < -0.3 is 14.1 Å². The second-order valence-corrected chi connectivity index (χ2v) is 5.54. The molecule has 0 radical (unpaired) electrons. The number of carbonyl (C=O) groups is 2. The number of hydrogen-bond acceptors (Lipinski definition) is 7. The quantitative estimate of drug-likeness (QED) is 0.261. The largest absolute Gasteiger partial charge is 0.443 e. The lowest BCUT2D eigenvalue weighted by Gasteiger charge is -2.16. The van der Waals surface area contributed by atoms with E-state index in [-0.39, 0.29) is 12.6 Å². The van der Waals surface area contributed by atoms with Crippen LogP contribution in [0, 0.1) is 0 Å². The number of fused-ring (bicyclic) bond motifs is 1. The van der Waals surface area contributed by atoms with Crippen LogP contribution in [0.3, 0.4) is 0 Å². The Morgan fingerprint density at radius 2 is 2.05 bits per heavy atom. The van der Waals surface area contributed by atoms with Gasteiger partial charge in [-0.15, -0.1) is 4.33 Å². The summed E-state index contributed by atoms with van der Waals surface area (Å²) >= 11 is 0.819. The standard InChI is InChI=1S/C12H12NO6PS/c14-11-10(21-19-17-7-4-2-1-3-5-7)9(18-20)8-12(15)16-6-13(8)11/h1-5,8-10H,6,20H2. The summed E-state index contributed by atoms with van der Waals surface area (Å²) in [5.41, 5.74) is 0. The Labute approximate surface area is 127 Å². The zero-order valence-corrected chi connectivity index (χ0v) is 12.7. The summed E-state index contributed by atoms with van der Waals surface area (Å²) in [6.07, 6.45) is -0.665. The van der Waals surface area contributed by atoms with Crippen molar-refractivity contribution in [1.82, 2.24) is 4.90 Å². The number of para-hydroxylation sites is 1. The van der Waals surface area contributed by atoms with Gasteiger partial charge in [0.25, 0.3) is 0 Å². The number of benzene rings is 1. The fourth-order valence-corrected chi connectivity index (χ4v) is 3.39. The van der Waals surface area contributed by atoms with E-state index in [4.69, 9.17) is 18.5 Å². The fourth-order valence-electron chi connectivity index (χ4n) is 2.23. The van der Waals surface area contributed by atoms with Crippen LogP contribution in [0.15, 0.2) is 30.3 Å². The molecule has 9 heteroatoms. The molecular formula is C12H12NO6PS. The van der Waals surface area contributed by atoms with Gasteiger partial charge in [-0.2, -0.15) is 0 Å². The molecule has 2 saturated heterocycles. The number of nitrogens with zero attached hydrogens (tertiary/aromatic N) is 1. The van der Waals surface area contributed by atoms with Crippen LogP contribution in [0.25, 0.3) is 0 Å². The van der Waals surface area contributed by atoms with Crippen molar-refractivity contribution in [3.05, 3.63) is 30.3 Å². The first kappa shape index (κ1) is 14.6. The van der Waals surface area contributed by atoms with Crippen molar-refractivity contribution in [2.45, 2.75) is 17.4 Å². The summed E-state index contributed by atoms with van der Waals surface area (Å²) in [5, 5.41) is -0.691. The summed E-state index contributed by atoms with van der Waals surface area (Å²) in [6, 6.07) is 8.15. The minimum atomic E-state index is -0.729. The lowest BCUT2D eigenvalue weighted by molar-refractivity contribution is -0.140. The number of carbonyl (C=O) groups excluding carboxylic acids is 2. The molecule has 0 saturated carbocycles. The van der Waals surface area contributed by atoms with E-state index < -0.39 is 23.4 Å². The van der Waals surface area contributed by atoms with Crippen molar-refractivity contribution in [2.24, 2.45) is 0 Å². The Morgan fingerprint density at radius 3 is 2.76 bits per heavy atom. The summed E-state index contributed by atoms with van der Waals surface area (Å²) in [6.45, 7) is -0.0521. The summed E-state index contributed by atoms with van der Waals surface area (Å²) in [7, 11) is 2.07. The average Bonchev–Trinajstić information content (AvgIpc) is 3.00. The topological polar surface area (TPSA) is 74.3 Å². The maximum Gasteiger partial charge on any atom is 0.333 e. The average molecular weight is 329 g/mol. The lowest BCUT2D eigenvalue weighted by Crippen LogP contribution is -2.36. The highest BCUT2D eigenvalue weighted by atomic mass is 32.2. The molecule has 0 spiro atoms. The monoisotopic (exact) mass is 329 g/mol. The summed E-state index contributed by atoms with van der Waals surface area (Å²) in [4.78, 5) is 30.2. The maximum atomic E-state index is 12.2. The highest BCUT2D eigenvalue weighted by Crippen LogP contribution is 2.36. The summed E-state index contributed by atoms with van der Waals surface area (Å²) in [5.74, 6) is -0.235. The predicted octanol–water partition coefficient (Wildman–Crippen LogP) is 0.914. The Morgan fingerprint density at radius 1 is 1.29 bits per heavy atom. The van der Waals surface area contributed by atoms with Crippen molar-refractivity contribution < 1.29 is 28.1 Å². The molecule has 7 nitrogen and oxygen atoms in total. The van der Waals surface area contributed by atoms with Gasteiger partial charge in [-0.3, -0.25) is 9.69 Å². The zero-order valence-electron chi connectivity index (χ0n) is 10.7. The van der Waals surface area contributed by atoms with Gasteiger partial charge in [0.1, 0.15) is 11.4 Å². The van der Waals surface area contributed by atoms with Gasteiger partial charge in [0.15, 0.2) is 18.5 Å². The molecule has 2 heterocycles.